The minimum absolute atomic E-state index is 0.214. The molecule has 2 unspecified atom stereocenters. The first-order valence-electron chi connectivity index (χ1n) is 4.96. The van der Waals surface area contributed by atoms with E-state index in [9.17, 15) is 4.79 Å². The normalized spacial score (nSPS) is 24.5. The molecule has 2 atom stereocenters. The quantitative estimate of drug-likeness (QED) is 0.814. The molecular weight excluding hydrogens is 230 g/mol. The van der Waals surface area contributed by atoms with E-state index in [1.165, 1.54) is 0 Å². The van der Waals surface area contributed by atoms with Gasteiger partial charge < -0.3 is 15.2 Å². The highest BCUT2D eigenvalue weighted by Crippen LogP contribution is 2.17. The van der Waals surface area contributed by atoms with Crippen LogP contribution in [0.5, 0.6) is 0 Å². The fourth-order valence-corrected chi connectivity index (χ4v) is 1.60. The molecular formula is C11H12ClNO3. The van der Waals surface area contributed by atoms with Crippen molar-refractivity contribution >= 4 is 17.6 Å². The fraction of sp³-hybridized carbons (Fsp3) is 0.364. The largest absolute Gasteiger partial charge is 0.434 e. The van der Waals surface area contributed by atoms with Gasteiger partial charge >= 0.3 is 5.97 Å². The van der Waals surface area contributed by atoms with Gasteiger partial charge in [-0.25, -0.2) is 0 Å². The molecule has 2 N–H and O–H groups in total. The van der Waals surface area contributed by atoms with E-state index in [1.54, 1.807) is 12.1 Å². The number of rotatable bonds is 3. The highest BCUT2D eigenvalue weighted by Gasteiger charge is 2.32. The summed E-state index contributed by atoms with van der Waals surface area (Å²) in [7, 11) is 0. The maximum atomic E-state index is 10.9. The summed E-state index contributed by atoms with van der Waals surface area (Å²) in [4.78, 5) is 10.9. The second-order valence-electron chi connectivity index (χ2n) is 3.66. The van der Waals surface area contributed by atoms with Crippen molar-refractivity contribution in [1.82, 2.24) is 0 Å². The van der Waals surface area contributed by atoms with Crippen molar-refractivity contribution in [3.8, 4) is 0 Å². The Morgan fingerprint density at radius 3 is 2.69 bits per heavy atom. The Bertz CT molecular complexity index is 379. The van der Waals surface area contributed by atoms with Crippen molar-refractivity contribution in [3.63, 3.8) is 0 Å². The second-order valence-corrected chi connectivity index (χ2v) is 4.10. The van der Waals surface area contributed by atoms with Crippen molar-refractivity contribution in [2.75, 3.05) is 0 Å². The highest BCUT2D eigenvalue weighted by atomic mass is 35.5. The van der Waals surface area contributed by atoms with E-state index in [0.717, 1.165) is 5.56 Å². The zero-order valence-corrected chi connectivity index (χ0v) is 9.31. The average molecular weight is 242 g/mol. The maximum Gasteiger partial charge on any atom is 0.309 e. The minimum Gasteiger partial charge on any atom is -0.434 e. The summed E-state index contributed by atoms with van der Waals surface area (Å²) in [6.45, 7) is 0.350. The molecule has 1 aliphatic heterocycles. The summed E-state index contributed by atoms with van der Waals surface area (Å²) >= 11 is 5.75. The Balaban J connectivity index is 1.88. The van der Waals surface area contributed by atoms with Crippen LogP contribution in [-0.4, -0.2) is 18.3 Å². The molecule has 86 valence electrons. The molecule has 1 heterocycles. The molecule has 2 rings (SSSR count). The summed E-state index contributed by atoms with van der Waals surface area (Å²) < 4.78 is 10.3. The Morgan fingerprint density at radius 1 is 1.44 bits per heavy atom. The van der Waals surface area contributed by atoms with Crippen LogP contribution in [0.1, 0.15) is 12.0 Å². The van der Waals surface area contributed by atoms with Crippen molar-refractivity contribution in [2.45, 2.75) is 25.4 Å². The smallest absolute Gasteiger partial charge is 0.309 e. The summed E-state index contributed by atoms with van der Waals surface area (Å²) in [5.74, 6) is -0.311. The van der Waals surface area contributed by atoms with Crippen molar-refractivity contribution in [3.05, 3.63) is 34.9 Å². The summed E-state index contributed by atoms with van der Waals surface area (Å²) in [6, 6.07) is 6.89. The molecule has 0 bridgehead atoms. The molecule has 0 spiro atoms. The summed E-state index contributed by atoms with van der Waals surface area (Å²) in [5, 5.41) is 0.674. The van der Waals surface area contributed by atoms with Gasteiger partial charge in [0.1, 0.15) is 0 Å². The lowest BCUT2D eigenvalue weighted by molar-refractivity contribution is -0.166. The van der Waals surface area contributed by atoms with Gasteiger partial charge in [0.05, 0.1) is 19.1 Å². The third-order valence-corrected chi connectivity index (χ3v) is 2.58. The van der Waals surface area contributed by atoms with Gasteiger partial charge in [-0.1, -0.05) is 23.7 Å². The van der Waals surface area contributed by atoms with E-state index >= 15 is 0 Å². The van der Waals surface area contributed by atoms with Crippen LogP contribution in [0, 0.1) is 0 Å². The second kappa shape index (κ2) is 4.82. The van der Waals surface area contributed by atoms with Gasteiger partial charge in [0, 0.05) is 5.02 Å². The molecule has 5 heteroatoms. The predicted molar refractivity (Wildman–Crippen MR) is 58.7 cm³/mol. The Labute approximate surface area is 98.3 Å². The lowest BCUT2D eigenvalue weighted by Crippen LogP contribution is -2.32. The standard InChI is InChI=1S/C11H12ClNO3/c12-8-3-1-7(2-4-8)6-15-11-9(13)5-10(14)16-11/h1-4,9,11H,5-6,13H2. The van der Waals surface area contributed by atoms with Crippen molar-refractivity contribution < 1.29 is 14.3 Å². The average Bonchev–Trinajstić information content (AvgIpc) is 2.57. The van der Waals surface area contributed by atoms with Crippen molar-refractivity contribution in [1.29, 1.82) is 0 Å². The van der Waals surface area contributed by atoms with E-state index in [4.69, 9.17) is 26.8 Å². The first kappa shape index (κ1) is 11.4. The maximum absolute atomic E-state index is 10.9. The number of nitrogens with two attached hydrogens (primary N) is 1. The van der Waals surface area contributed by atoms with Crippen LogP contribution >= 0.6 is 11.6 Å². The van der Waals surface area contributed by atoms with E-state index in [2.05, 4.69) is 0 Å². The summed E-state index contributed by atoms with van der Waals surface area (Å²) in [5.41, 5.74) is 6.62. The lowest BCUT2D eigenvalue weighted by Gasteiger charge is -2.14. The number of carbonyl (C=O) groups excluding carboxylic acids is 1. The number of benzene rings is 1. The Hall–Kier alpha value is -1.10. The first-order chi connectivity index (χ1) is 7.65. The third kappa shape index (κ3) is 2.72. The van der Waals surface area contributed by atoms with Gasteiger partial charge in [0.25, 0.3) is 0 Å². The molecule has 0 radical (unpaired) electrons. The molecule has 0 amide bonds. The van der Waals surface area contributed by atoms with Crippen molar-refractivity contribution in [2.24, 2.45) is 5.73 Å². The Morgan fingerprint density at radius 2 is 2.12 bits per heavy atom. The van der Waals surface area contributed by atoms with Crippen LogP contribution in [0.2, 0.25) is 5.02 Å². The van der Waals surface area contributed by atoms with Crippen LogP contribution in [0.4, 0.5) is 0 Å². The lowest BCUT2D eigenvalue weighted by atomic mass is 10.2. The molecule has 1 aliphatic rings. The van der Waals surface area contributed by atoms with E-state index < -0.39 is 6.29 Å². The van der Waals surface area contributed by atoms with Gasteiger partial charge in [-0.3, -0.25) is 4.79 Å². The number of hydrogen-bond acceptors (Lipinski definition) is 4. The van der Waals surface area contributed by atoms with Gasteiger partial charge in [-0.05, 0) is 17.7 Å². The van der Waals surface area contributed by atoms with Gasteiger partial charge in [-0.15, -0.1) is 0 Å². The molecule has 1 aromatic carbocycles. The molecule has 16 heavy (non-hydrogen) atoms. The SMILES string of the molecule is NC1CC(=O)OC1OCc1ccc(Cl)cc1. The number of cyclic esters (lactones) is 1. The van der Waals surface area contributed by atoms with Crippen LogP contribution in [0.3, 0.4) is 0 Å². The molecule has 1 fully saturated rings. The number of ether oxygens (including phenoxy) is 2. The number of hydrogen-bond donors (Lipinski definition) is 1. The topological polar surface area (TPSA) is 61.6 Å². The monoisotopic (exact) mass is 241 g/mol. The predicted octanol–water partition coefficient (Wildman–Crippen LogP) is 1.46. The third-order valence-electron chi connectivity index (χ3n) is 2.33. The molecule has 1 saturated heterocycles. The van der Waals surface area contributed by atoms with E-state index in [1.807, 2.05) is 12.1 Å². The Kier molecular flexibility index (Phi) is 3.43. The highest BCUT2D eigenvalue weighted by molar-refractivity contribution is 6.30. The summed E-state index contributed by atoms with van der Waals surface area (Å²) in [6.07, 6.45) is -0.422. The number of esters is 1. The van der Waals surface area contributed by atoms with Gasteiger partial charge in [-0.2, -0.15) is 0 Å². The number of halogens is 1. The molecule has 0 aromatic heterocycles. The van der Waals surface area contributed by atoms with Crippen LogP contribution in [-0.2, 0) is 20.9 Å². The molecule has 4 nitrogen and oxygen atoms in total. The van der Waals surface area contributed by atoms with E-state index in [-0.39, 0.29) is 18.4 Å². The number of carbonyl (C=O) groups is 1. The van der Waals surface area contributed by atoms with Gasteiger partial charge in [0.15, 0.2) is 0 Å². The first-order valence-corrected chi connectivity index (χ1v) is 5.34. The zero-order chi connectivity index (χ0) is 11.5. The van der Waals surface area contributed by atoms with Gasteiger partial charge in [0.2, 0.25) is 6.29 Å². The van der Waals surface area contributed by atoms with E-state index in [0.29, 0.717) is 11.6 Å². The van der Waals surface area contributed by atoms with Crippen LogP contribution in [0.15, 0.2) is 24.3 Å². The minimum atomic E-state index is -0.636. The molecule has 1 aromatic rings. The zero-order valence-electron chi connectivity index (χ0n) is 8.56. The van der Waals surface area contributed by atoms with Crippen LogP contribution in [0.25, 0.3) is 0 Å². The van der Waals surface area contributed by atoms with Crippen LogP contribution < -0.4 is 5.73 Å². The fourth-order valence-electron chi connectivity index (χ4n) is 1.47. The molecule has 0 aliphatic carbocycles. The molecule has 0 saturated carbocycles.